The van der Waals surface area contributed by atoms with Gasteiger partial charge in [0.25, 0.3) is 0 Å². The highest BCUT2D eigenvalue weighted by molar-refractivity contribution is 8.00. The van der Waals surface area contributed by atoms with Gasteiger partial charge in [-0.15, -0.1) is 10.2 Å². The van der Waals surface area contributed by atoms with Gasteiger partial charge in [-0.1, -0.05) is 11.8 Å². The molecule has 2 aromatic rings. The summed E-state index contributed by atoms with van der Waals surface area (Å²) >= 11 is 1.24. The van der Waals surface area contributed by atoms with Crippen LogP contribution in [0.3, 0.4) is 0 Å². The van der Waals surface area contributed by atoms with Gasteiger partial charge in [0.05, 0.1) is 10.8 Å². The molecule has 0 spiro atoms. The van der Waals surface area contributed by atoms with E-state index < -0.39 is 16.9 Å². The van der Waals surface area contributed by atoms with E-state index in [1.807, 2.05) is 4.57 Å². The minimum atomic E-state index is -0.837. The molecular weight excluding hydrogens is 296 g/mol. The minimum Gasteiger partial charge on any atom is -0.306 e. The zero-order valence-corrected chi connectivity index (χ0v) is 12.1. The van der Waals surface area contributed by atoms with E-state index in [9.17, 15) is 13.6 Å². The molecular formula is C14H13F2N3OS. The van der Waals surface area contributed by atoms with E-state index in [0.29, 0.717) is 11.2 Å². The SMILES string of the molecule is CC(Sc1nncn1C1CC1)C(=O)c1ccc(F)cc1F. The topological polar surface area (TPSA) is 47.8 Å². The summed E-state index contributed by atoms with van der Waals surface area (Å²) < 4.78 is 28.5. The number of carbonyl (C=O) groups is 1. The Labute approximate surface area is 124 Å². The van der Waals surface area contributed by atoms with Gasteiger partial charge in [0.2, 0.25) is 0 Å². The van der Waals surface area contributed by atoms with E-state index in [1.165, 1.54) is 17.8 Å². The average Bonchev–Trinajstić information content (AvgIpc) is 3.18. The number of carbonyl (C=O) groups excluding carboxylic acids is 1. The van der Waals surface area contributed by atoms with Crippen LogP contribution in [-0.2, 0) is 0 Å². The highest BCUT2D eigenvalue weighted by Gasteiger charge is 2.28. The number of halogens is 2. The molecule has 1 aromatic carbocycles. The number of aromatic nitrogens is 3. The van der Waals surface area contributed by atoms with E-state index in [0.717, 1.165) is 25.0 Å². The Kier molecular flexibility index (Phi) is 3.75. The maximum Gasteiger partial charge on any atom is 0.191 e. The second-order valence-corrected chi connectivity index (χ2v) is 6.31. The van der Waals surface area contributed by atoms with Crippen molar-refractivity contribution in [3.05, 3.63) is 41.7 Å². The van der Waals surface area contributed by atoms with Crippen LogP contribution in [0.1, 0.15) is 36.2 Å². The van der Waals surface area contributed by atoms with Gasteiger partial charge in [0.1, 0.15) is 18.0 Å². The standard InChI is InChI=1S/C14H13F2N3OS/c1-8(13(20)11-5-2-9(15)6-12(11)16)21-14-18-17-7-19(14)10-3-4-10/h2,5-8,10H,3-4H2,1H3. The largest absolute Gasteiger partial charge is 0.306 e. The third-order valence-corrected chi connectivity index (χ3v) is 4.40. The van der Waals surface area contributed by atoms with Crippen molar-refractivity contribution in [1.29, 1.82) is 0 Å². The first-order valence-corrected chi connectivity index (χ1v) is 7.49. The van der Waals surface area contributed by atoms with Crippen LogP contribution in [0.2, 0.25) is 0 Å². The zero-order valence-electron chi connectivity index (χ0n) is 11.3. The summed E-state index contributed by atoms with van der Waals surface area (Å²) in [5.74, 6) is -1.92. The summed E-state index contributed by atoms with van der Waals surface area (Å²) in [7, 11) is 0. The molecule has 21 heavy (non-hydrogen) atoms. The second-order valence-electron chi connectivity index (χ2n) is 5.00. The Morgan fingerprint density at radius 1 is 1.43 bits per heavy atom. The first kappa shape index (κ1) is 14.2. The van der Waals surface area contributed by atoms with Gasteiger partial charge in [-0.25, -0.2) is 8.78 Å². The number of hydrogen-bond acceptors (Lipinski definition) is 4. The molecule has 1 aliphatic carbocycles. The maximum absolute atomic E-state index is 13.7. The van der Waals surface area contributed by atoms with Gasteiger partial charge in [-0.2, -0.15) is 0 Å². The maximum atomic E-state index is 13.7. The molecule has 0 saturated heterocycles. The van der Waals surface area contributed by atoms with Crippen LogP contribution in [-0.4, -0.2) is 25.8 Å². The lowest BCUT2D eigenvalue weighted by atomic mass is 10.1. The van der Waals surface area contributed by atoms with Crippen molar-refractivity contribution >= 4 is 17.5 Å². The predicted molar refractivity (Wildman–Crippen MR) is 74.3 cm³/mol. The number of ketones is 1. The molecule has 4 nitrogen and oxygen atoms in total. The lowest BCUT2D eigenvalue weighted by molar-refractivity contribution is 0.0990. The molecule has 110 valence electrons. The molecule has 1 atom stereocenters. The smallest absolute Gasteiger partial charge is 0.191 e. The molecule has 0 radical (unpaired) electrons. The van der Waals surface area contributed by atoms with Crippen molar-refractivity contribution in [1.82, 2.24) is 14.8 Å². The number of thioether (sulfide) groups is 1. The number of hydrogen-bond donors (Lipinski definition) is 0. The molecule has 0 aliphatic heterocycles. The highest BCUT2D eigenvalue weighted by atomic mass is 32.2. The molecule has 1 aromatic heterocycles. The molecule has 1 fully saturated rings. The van der Waals surface area contributed by atoms with Crippen molar-refractivity contribution < 1.29 is 13.6 Å². The fraction of sp³-hybridized carbons (Fsp3) is 0.357. The van der Waals surface area contributed by atoms with Crippen LogP contribution in [0.4, 0.5) is 8.78 Å². The van der Waals surface area contributed by atoms with Crippen LogP contribution in [0.5, 0.6) is 0 Å². The summed E-state index contributed by atoms with van der Waals surface area (Å²) in [5, 5.41) is 7.99. The normalized spacial score (nSPS) is 16.0. The van der Waals surface area contributed by atoms with Crippen LogP contribution in [0.15, 0.2) is 29.7 Å². The van der Waals surface area contributed by atoms with Gasteiger partial charge < -0.3 is 4.57 Å². The highest BCUT2D eigenvalue weighted by Crippen LogP contribution is 2.38. The van der Waals surface area contributed by atoms with E-state index in [-0.39, 0.29) is 11.3 Å². The van der Waals surface area contributed by atoms with Gasteiger partial charge >= 0.3 is 0 Å². The lowest BCUT2D eigenvalue weighted by Crippen LogP contribution is -2.16. The Hall–Kier alpha value is -1.76. The zero-order chi connectivity index (χ0) is 15.0. The first-order valence-electron chi connectivity index (χ1n) is 6.61. The number of nitrogens with zero attached hydrogens (tertiary/aromatic N) is 3. The van der Waals surface area contributed by atoms with E-state index >= 15 is 0 Å². The van der Waals surface area contributed by atoms with Gasteiger partial charge in [0, 0.05) is 12.1 Å². The van der Waals surface area contributed by atoms with Crippen LogP contribution in [0, 0.1) is 11.6 Å². The monoisotopic (exact) mass is 309 g/mol. The Morgan fingerprint density at radius 3 is 2.86 bits per heavy atom. The summed E-state index contributed by atoms with van der Waals surface area (Å²) in [6, 6.07) is 3.39. The third-order valence-electron chi connectivity index (χ3n) is 3.33. The van der Waals surface area contributed by atoms with Crippen molar-refractivity contribution in [2.45, 2.75) is 36.2 Å². The molecule has 1 saturated carbocycles. The number of benzene rings is 1. The quantitative estimate of drug-likeness (QED) is 0.628. The number of rotatable bonds is 5. The van der Waals surface area contributed by atoms with Crippen molar-refractivity contribution in [3.8, 4) is 0 Å². The third kappa shape index (κ3) is 2.97. The van der Waals surface area contributed by atoms with E-state index in [4.69, 9.17) is 0 Å². The molecule has 0 amide bonds. The van der Waals surface area contributed by atoms with Crippen molar-refractivity contribution in [3.63, 3.8) is 0 Å². The second kappa shape index (κ2) is 5.55. The molecule has 1 aliphatic rings. The van der Waals surface area contributed by atoms with E-state index in [1.54, 1.807) is 13.3 Å². The van der Waals surface area contributed by atoms with Gasteiger partial charge in [0.15, 0.2) is 10.9 Å². The molecule has 3 rings (SSSR count). The molecule has 1 heterocycles. The molecule has 0 bridgehead atoms. The summed E-state index contributed by atoms with van der Waals surface area (Å²) in [6.07, 6.45) is 3.82. The van der Waals surface area contributed by atoms with Crippen molar-refractivity contribution in [2.75, 3.05) is 0 Å². The molecule has 1 unspecified atom stereocenters. The fourth-order valence-electron chi connectivity index (χ4n) is 2.04. The van der Waals surface area contributed by atoms with Crippen LogP contribution < -0.4 is 0 Å². The first-order chi connectivity index (χ1) is 10.1. The minimum absolute atomic E-state index is 0.103. The lowest BCUT2D eigenvalue weighted by Gasteiger charge is -2.11. The van der Waals surface area contributed by atoms with Gasteiger partial charge in [-0.05, 0) is 31.9 Å². The number of Topliss-reactive ketones (excluding diaryl/α,β-unsaturated/α-hetero) is 1. The summed E-state index contributed by atoms with van der Waals surface area (Å²) in [4.78, 5) is 12.3. The van der Waals surface area contributed by atoms with Gasteiger partial charge in [-0.3, -0.25) is 4.79 Å². The van der Waals surface area contributed by atoms with E-state index in [2.05, 4.69) is 10.2 Å². The predicted octanol–water partition coefficient (Wildman–Crippen LogP) is 3.25. The summed E-state index contributed by atoms with van der Waals surface area (Å²) in [5.41, 5.74) is -0.103. The van der Waals surface area contributed by atoms with Crippen LogP contribution >= 0.6 is 11.8 Å². The Morgan fingerprint density at radius 2 is 2.19 bits per heavy atom. The average molecular weight is 309 g/mol. The Bertz CT molecular complexity index is 685. The fourth-order valence-corrected chi connectivity index (χ4v) is 3.00. The molecule has 7 heteroatoms. The Balaban J connectivity index is 1.76. The summed E-state index contributed by atoms with van der Waals surface area (Å²) in [6.45, 7) is 1.68. The molecule has 0 N–H and O–H groups in total. The van der Waals surface area contributed by atoms with Crippen LogP contribution in [0.25, 0.3) is 0 Å². The van der Waals surface area contributed by atoms with Crippen molar-refractivity contribution in [2.24, 2.45) is 0 Å².